The van der Waals surface area contributed by atoms with E-state index >= 15 is 0 Å². The van der Waals surface area contributed by atoms with Gasteiger partial charge in [-0.05, 0) is 18.6 Å². The quantitative estimate of drug-likeness (QED) is 0.313. The Kier molecular flexibility index (Phi) is 2.70. The Morgan fingerprint density at radius 2 is 2.00 bits per heavy atom. The zero-order valence-electron chi connectivity index (χ0n) is 7.90. The molecule has 0 aromatic rings. The summed E-state index contributed by atoms with van der Waals surface area (Å²) in [6.07, 6.45) is 0.523. The highest BCUT2D eigenvalue weighted by Crippen LogP contribution is 2.17. The van der Waals surface area contributed by atoms with Crippen molar-refractivity contribution in [3.63, 3.8) is 0 Å². The van der Waals surface area contributed by atoms with E-state index in [1.54, 1.807) is 15.0 Å². The van der Waals surface area contributed by atoms with Crippen LogP contribution >= 0.6 is 12.2 Å². The molecule has 1 aliphatic rings. The van der Waals surface area contributed by atoms with Gasteiger partial charge in [-0.25, -0.2) is 0 Å². The Labute approximate surface area is 83.3 Å². The molecule has 1 heterocycles. The van der Waals surface area contributed by atoms with Crippen LogP contribution in [0, 0.1) is 5.92 Å². The second kappa shape index (κ2) is 3.45. The summed E-state index contributed by atoms with van der Waals surface area (Å²) < 4.78 is 0. The summed E-state index contributed by atoms with van der Waals surface area (Å²) in [6, 6.07) is 0. The van der Waals surface area contributed by atoms with Gasteiger partial charge in [0, 0.05) is 7.05 Å². The second-order valence-corrected chi connectivity index (χ2v) is 3.40. The molecular formula is C7H11BN2O2S. The van der Waals surface area contributed by atoms with Crippen LogP contribution in [0.3, 0.4) is 0 Å². The van der Waals surface area contributed by atoms with Gasteiger partial charge in [0.15, 0.2) is 5.11 Å². The van der Waals surface area contributed by atoms with Crippen LogP contribution in [-0.2, 0) is 9.59 Å². The third kappa shape index (κ3) is 1.46. The number of rotatable bonds is 1. The van der Waals surface area contributed by atoms with Crippen LogP contribution in [0.1, 0.15) is 13.3 Å². The molecule has 70 valence electrons. The van der Waals surface area contributed by atoms with Gasteiger partial charge in [-0.15, -0.1) is 0 Å². The molecule has 1 rings (SSSR count). The Morgan fingerprint density at radius 1 is 1.46 bits per heavy atom. The van der Waals surface area contributed by atoms with E-state index in [-0.39, 0.29) is 16.9 Å². The molecule has 0 bridgehead atoms. The number of carbonyl (C=O) groups excluding carboxylic acids is 2. The van der Waals surface area contributed by atoms with Gasteiger partial charge < -0.3 is 4.81 Å². The van der Waals surface area contributed by atoms with Gasteiger partial charge in [0.05, 0.1) is 0 Å². The second-order valence-electron chi connectivity index (χ2n) is 3.04. The van der Waals surface area contributed by atoms with Crippen molar-refractivity contribution < 1.29 is 9.59 Å². The standard InChI is InChI=1S/C7H11BN2O2S/c1-3-4-5(11)9(2)7(13)10(8)6(4)12/h4H,3,8H2,1-2H3. The lowest BCUT2D eigenvalue weighted by atomic mass is 9.99. The molecule has 0 aromatic carbocycles. The largest absolute Gasteiger partial charge is 0.342 e. The summed E-state index contributed by atoms with van der Waals surface area (Å²) in [7, 11) is 3.19. The number of amides is 2. The van der Waals surface area contributed by atoms with Crippen LogP contribution in [0.25, 0.3) is 0 Å². The van der Waals surface area contributed by atoms with Gasteiger partial charge in [0.25, 0.3) is 0 Å². The number of thiocarbonyl (C=S) groups is 1. The molecule has 1 aliphatic heterocycles. The van der Waals surface area contributed by atoms with Gasteiger partial charge in [0.2, 0.25) is 19.8 Å². The minimum absolute atomic E-state index is 0.199. The van der Waals surface area contributed by atoms with E-state index in [9.17, 15) is 9.59 Å². The van der Waals surface area contributed by atoms with Gasteiger partial charge in [-0.2, -0.15) is 0 Å². The highest BCUT2D eigenvalue weighted by atomic mass is 32.1. The Hall–Kier alpha value is -0.905. The molecule has 0 saturated carbocycles. The van der Waals surface area contributed by atoms with Crippen molar-refractivity contribution >= 4 is 37.1 Å². The lowest BCUT2D eigenvalue weighted by Crippen LogP contribution is -2.57. The van der Waals surface area contributed by atoms with Crippen molar-refractivity contribution in [2.45, 2.75) is 13.3 Å². The number of carbonyl (C=O) groups is 2. The minimum Gasteiger partial charge on any atom is -0.342 e. The van der Waals surface area contributed by atoms with E-state index in [1.165, 1.54) is 9.71 Å². The summed E-state index contributed by atoms with van der Waals surface area (Å²) >= 11 is 4.92. The van der Waals surface area contributed by atoms with E-state index in [2.05, 4.69) is 0 Å². The third-order valence-corrected chi connectivity index (χ3v) is 2.79. The molecule has 1 unspecified atom stereocenters. The van der Waals surface area contributed by atoms with Crippen LogP contribution in [-0.4, -0.2) is 41.7 Å². The van der Waals surface area contributed by atoms with Crippen LogP contribution < -0.4 is 0 Å². The molecule has 13 heavy (non-hydrogen) atoms. The number of hydrogen-bond donors (Lipinski definition) is 0. The van der Waals surface area contributed by atoms with Gasteiger partial charge in [0.1, 0.15) is 5.92 Å². The third-order valence-electron chi connectivity index (χ3n) is 2.24. The molecule has 2 amide bonds. The summed E-state index contributed by atoms with van der Waals surface area (Å²) in [4.78, 5) is 25.7. The Bertz CT molecular complexity index is 258. The van der Waals surface area contributed by atoms with Crippen molar-refractivity contribution in [2.75, 3.05) is 7.05 Å². The smallest absolute Gasteiger partial charge is 0.240 e. The molecule has 1 saturated heterocycles. The molecule has 6 heteroatoms. The van der Waals surface area contributed by atoms with E-state index in [0.717, 1.165) is 0 Å². The first-order chi connectivity index (χ1) is 6.00. The maximum atomic E-state index is 11.5. The Morgan fingerprint density at radius 3 is 2.46 bits per heavy atom. The number of hydrogen-bond acceptors (Lipinski definition) is 3. The molecule has 0 spiro atoms. The van der Waals surface area contributed by atoms with E-state index in [1.807, 2.05) is 6.92 Å². The molecular weight excluding hydrogens is 187 g/mol. The summed E-state index contributed by atoms with van der Waals surface area (Å²) in [5, 5.41) is 0.278. The van der Waals surface area contributed by atoms with E-state index in [0.29, 0.717) is 6.42 Å². The molecule has 0 aliphatic carbocycles. The fourth-order valence-corrected chi connectivity index (χ4v) is 1.52. The molecule has 0 radical (unpaired) electrons. The highest BCUT2D eigenvalue weighted by molar-refractivity contribution is 7.80. The molecule has 1 atom stereocenters. The van der Waals surface area contributed by atoms with Crippen LogP contribution in [0.4, 0.5) is 0 Å². The predicted octanol–water partition coefficient (Wildman–Crippen LogP) is -0.854. The fraction of sp³-hybridized carbons (Fsp3) is 0.571. The summed E-state index contributed by atoms with van der Waals surface area (Å²) in [6.45, 7) is 1.82. The predicted molar refractivity (Wildman–Crippen MR) is 54.5 cm³/mol. The van der Waals surface area contributed by atoms with Crippen LogP contribution in [0.5, 0.6) is 0 Å². The minimum atomic E-state index is -0.554. The van der Waals surface area contributed by atoms with Gasteiger partial charge >= 0.3 is 0 Å². The molecule has 0 N–H and O–H groups in total. The van der Waals surface area contributed by atoms with Crippen molar-refractivity contribution in [1.82, 2.24) is 9.71 Å². The normalized spacial score (nSPS) is 24.2. The van der Waals surface area contributed by atoms with E-state index in [4.69, 9.17) is 12.2 Å². The average Bonchev–Trinajstić information content (AvgIpc) is 2.13. The van der Waals surface area contributed by atoms with Gasteiger partial charge in [-0.3, -0.25) is 14.5 Å². The monoisotopic (exact) mass is 198 g/mol. The SMILES string of the molecule is BN1C(=O)C(CC)C(=O)N(C)C1=S. The first kappa shape index (κ1) is 10.2. The molecule has 4 nitrogen and oxygen atoms in total. The Balaban J connectivity index is 2.99. The lowest BCUT2D eigenvalue weighted by molar-refractivity contribution is -0.143. The number of nitrogens with zero attached hydrogens (tertiary/aromatic N) is 2. The maximum Gasteiger partial charge on any atom is 0.240 e. The highest BCUT2D eigenvalue weighted by Gasteiger charge is 2.38. The van der Waals surface area contributed by atoms with Crippen molar-refractivity contribution in [1.29, 1.82) is 0 Å². The topological polar surface area (TPSA) is 40.6 Å². The average molecular weight is 198 g/mol. The lowest BCUT2D eigenvalue weighted by Gasteiger charge is -2.35. The first-order valence-electron chi connectivity index (χ1n) is 4.09. The van der Waals surface area contributed by atoms with Crippen molar-refractivity contribution in [2.24, 2.45) is 5.92 Å². The maximum absolute atomic E-state index is 11.5. The molecule has 1 fully saturated rings. The van der Waals surface area contributed by atoms with Gasteiger partial charge in [-0.1, -0.05) is 6.92 Å². The van der Waals surface area contributed by atoms with Crippen molar-refractivity contribution in [3.8, 4) is 0 Å². The zero-order valence-corrected chi connectivity index (χ0v) is 8.72. The van der Waals surface area contributed by atoms with E-state index < -0.39 is 5.92 Å². The van der Waals surface area contributed by atoms with Crippen molar-refractivity contribution in [3.05, 3.63) is 0 Å². The summed E-state index contributed by atoms with van der Waals surface area (Å²) in [5.74, 6) is -0.951. The summed E-state index contributed by atoms with van der Waals surface area (Å²) in [5.41, 5.74) is 0. The zero-order chi connectivity index (χ0) is 10.2. The molecule has 0 aromatic heterocycles. The first-order valence-corrected chi connectivity index (χ1v) is 4.50. The van der Waals surface area contributed by atoms with Crippen LogP contribution in [0.15, 0.2) is 0 Å². The van der Waals surface area contributed by atoms with Crippen LogP contribution in [0.2, 0.25) is 0 Å². The fourth-order valence-electron chi connectivity index (χ4n) is 1.34.